The van der Waals surface area contributed by atoms with Crippen LogP contribution in [0.2, 0.25) is 0 Å². The monoisotopic (exact) mass is 324 g/mol. The lowest BCUT2D eigenvalue weighted by Crippen LogP contribution is -2.26. The number of H-pyrrole nitrogens is 1. The van der Waals surface area contributed by atoms with E-state index in [2.05, 4.69) is 10.3 Å². The fraction of sp³-hybridized carbons (Fsp3) is 0.158. The van der Waals surface area contributed by atoms with Gasteiger partial charge in [0.25, 0.3) is 5.56 Å². The number of carbonyl (C=O) groups excluding carboxylic acids is 1. The number of halogens is 1. The largest absolute Gasteiger partial charge is 0.352 e. The van der Waals surface area contributed by atoms with Crippen LogP contribution in [0.25, 0.3) is 10.9 Å². The minimum Gasteiger partial charge on any atom is -0.352 e. The van der Waals surface area contributed by atoms with E-state index < -0.39 is 0 Å². The van der Waals surface area contributed by atoms with Gasteiger partial charge >= 0.3 is 0 Å². The number of para-hydroxylation sites is 1. The molecule has 122 valence electrons. The van der Waals surface area contributed by atoms with Gasteiger partial charge in [0.2, 0.25) is 5.91 Å². The number of hydrogen-bond acceptors (Lipinski definition) is 2. The second-order valence-electron chi connectivity index (χ2n) is 5.62. The van der Waals surface area contributed by atoms with E-state index in [1.807, 2.05) is 24.3 Å². The smallest absolute Gasteiger partial charge is 0.253 e. The summed E-state index contributed by atoms with van der Waals surface area (Å²) in [7, 11) is 0. The van der Waals surface area contributed by atoms with Gasteiger partial charge in [-0.3, -0.25) is 9.59 Å². The number of hydrogen-bond donors (Lipinski definition) is 2. The lowest BCUT2D eigenvalue weighted by molar-refractivity contribution is -0.121. The van der Waals surface area contributed by atoms with E-state index in [9.17, 15) is 14.0 Å². The van der Waals surface area contributed by atoms with Crippen molar-refractivity contribution in [1.82, 2.24) is 10.3 Å². The molecule has 24 heavy (non-hydrogen) atoms. The molecule has 1 aromatic heterocycles. The Balaban J connectivity index is 1.60. The zero-order chi connectivity index (χ0) is 16.9. The second kappa shape index (κ2) is 7.08. The molecule has 0 spiro atoms. The Morgan fingerprint density at radius 2 is 1.92 bits per heavy atom. The third-order valence-electron chi connectivity index (χ3n) is 3.84. The van der Waals surface area contributed by atoms with Crippen molar-refractivity contribution in [3.8, 4) is 0 Å². The molecule has 3 rings (SSSR count). The van der Waals surface area contributed by atoms with Gasteiger partial charge in [0.15, 0.2) is 0 Å². The van der Waals surface area contributed by atoms with E-state index in [1.165, 1.54) is 12.1 Å². The maximum absolute atomic E-state index is 13.1. The molecule has 0 atom stereocenters. The average molecular weight is 324 g/mol. The van der Waals surface area contributed by atoms with Crippen molar-refractivity contribution in [3.05, 3.63) is 81.9 Å². The first-order chi connectivity index (χ1) is 11.6. The number of nitrogens with one attached hydrogen (secondary N) is 2. The van der Waals surface area contributed by atoms with E-state index in [0.29, 0.717) is 12.0 Å². The summed E-state index contributed by atoms with van der Waals surface area (Å²) in [6.45, 7) is 0.169. The van der Waals surface area contributed by atoms with Gasteiger partial charge in [0.1, 0.15) is 5.82 Å². The number of aryl methyl sites for hydroxylation is 1. The third-order valence-corrected chi connectivity index (χ3v) is 3.84. The predicted molar refractivity (Wildman–Crippen MR) is 91.1 cm³/mol. The SMILES string of the molecule is O=C(CCc1cccc(F)c1)NCc1cc2ccccc2[nH]c1=O. The molecule has 0 radical (unpaired) electrons. The zero-order valence-corrected chi connectivity index (χ0v) is 13.0. The highest BCUT2D eigenvalue weighted by Crippen LogP contribution is 2.10. The summed E-state index contributed by atoms with van der Waals surface area (Å²) >= 11 is 0. The molecule has 0 saturated heterocycles. The molecule has 1 amide bonds. The molecule has 3 aromatic rings. The summed E-state index contributed by atoms with van der Waals surface area (Å²) < 4.78 is 13.1. The molecule has 2 N–H and O–H groups in total. The maximum Gasteiger partial charge on any atom is 0.253 e. The number of aromatic nitrogens is 1. The topological polar surface area (TPSA) is 62.0 Å². The second-order valence-corrected chi connectivity index (χ2v) is 5.62. The van der Waals surface area contributed by atoms with Gasteiger partial charge < -0.3 is 10.3 Å². The van der Waals surface area contributed by atoms with Crippen molar-refractivity contribution in [2.75, 3.05) is 0 Å². The van der Waals surface area contributed by atoms with Gasteiger partial charge in [-0.1, -0.05) is 30.3 Å². The van der Waals surface area contributed by atoms with Gasteiger partial charge in [0, 0.05) is 24.0 Å². The van der Waals surface area contributed by atoms with E-state index >= 15 is 0 Å². The van der Waals surface area contributed by atoms with Crippen LogP contribution in [0.1, 0.15) is 17.5 Å². The Morgan fingerprint density at radius 3 is 2.75 bits per heavy atom. The van der Waals surface area contributed by atoms with Crippen molar-refractivity contribution in [2.45, 2.75) is 19.4 Å². The lowest BCUT2D eigenvalue weighted by atomic mass is 10.1. The Kier molecular flexibility index (Phi) is 4.70. The highest BCUT2D eigenvalue weighted by Gasteiger charge is 2.06. The summed E-state index contributed by atoms with van der Waals surface area (Å²) in [6.07, 6.45) is 0.701. The summed E-state index contributed by atoms with van der Waals surface area (Å²) in [5, 5.41) is 3.65. The van der Waals surface area contributed by atoms with Gasteiger partial charge in [-0.25, -0.2) is 4.39 Å². The number of fused-ring (bicyclic) bond motifs is 1. The summed E-state index contributed by atoms with van der Waals surface area (Å²) in [5.74, 6) is -0.484. The van der Waals surface area contributed by atoms with Crippen LogP contribution in [0.15, 0.2) is 59.4 Å². The van der Waals surface area contributed by atoms with Crippen molar-refractivity contribution >= 4 is 16.8 Å². The van der Waals surface area contributed by atoms with Gasteiger partial charge in [0.05, 0.1) is 0 Å². The van der Waals surface area contributed by atoms with Crippen LogP contribution in [-0.2, 0) is 17.8 Å². The fourth-order valence-corrected chi connectivity index (χ4v) is 2.56. The molecule has 0 unspecified atom stereocenters. The number of amides is 1. The van der Waals surface area contributed by atoms with Crippen molar-refractivity contribution in [1.29, 1.82) is 0 Å². The molecule has 4 nitrogen and oxygen atoms in total. The minimum absolute atomic E-state index is 0.169. The van der Waals surface area contributed by atoms with Crippen LogP contribution >= 0.6 is 0 Å². The molecule has 1 heterocycles. The number of pyridine rings is 1. The van der Waals surface area contributed by atoms with Crippen LogP contribution in [0.3, 0.4) is 0 Å². The number of carbonyl (C=O) groups is 1. The number of rotatable bonds is 5. The Labute approximate surface area is 138 Å². The number of aromatic amines is 1. The van der Waals surface area contributed by atoms with Gasteiger partial charge in [-0.05, 0) is 41.6 Å². The summed E-state index contributed by atoms with van der Waals surface area (Å²) in [6, 6.07) is 15.5. The van der Waals surface area contributed by atoms with Crippen molar-refractivity contribution in [2.24, 2.45) is 0 Å². The lowest BCUT2D eigenvalue weighted by Gasteiger charge is -2.06. The first kappa shape index (κ1) is 15.9. The van der Waals surface area contributed by atoms with Crippen LogP contribution < -0.4 is 10.9 Å². The van der Waals surface area contributed by atoms with Crippen molar-refractivity contribution < 1.29 is 9.18 Å². The molecule has 0 saturated carbocycles. The van der Waals surface area contributed by atoms with Crippen LogP contribution in [0.5, 0.6) is 0 Å². The molecule has 0 fully saturated rings. The molecule has 0 aliphatic heterocycles. The first-order valence-electron chi connectivity index (χ1n) is 7.74. The standard InChI is InChI=1S/C19H17FN2O2/c20-16-6-3-4-13(10-16)8-9-18(23)21-12-15-11-14-5-1-2-7-17(14)22-19(15)24/h1-7,10-11H,8-9,12H2,(H,21,23)(H,22,24). The van der Waals surface area contributed by atoms with E-state index in [0.717, 1.165) is 16.5 Å². The van der Waals surface area contributed by atoms with Gasteiger partial charge in [-0.15, -0.1) is 0 Å². The van der Waals surface area contributed by atoms with E-state index in [1.54, 1.807) is 18.2 Å². The van der Waals surface area contributed by atoms with E-state index in [-0.39, 0.29) is 30.2 Å². The molecular weight excluding hydrogens is 307 g/mol. The molecule has 0 aliphatic rings. The number of benzene rings is 2. The first-order valence-corrected chi connectivity index (χ1v) is 7.74. The maximum atomic E-state index is 13.1. The fourth-order valence-electron chi connectivity index (χ4n) is 2.56. The van der Waals surface area contributed by atoms with Crippen LogP contribution in [-0.4, -0.2) is 10.9 Å². The molecular formula is C19H17FN2O2. The highest BCUT2D eigenvalue weighted by molar-refractivity contribution is 5.79. The summed E-state index contributed by atoms with van der Waals surface area (Å²) in [4.78, 5) is 26.7. The Bertz CT molecular complexity index is 934. The van der Waals surface area contributed by atoms with Crippen LogP contribution in [0.4, 0.5) is 4.39 Å². The summed E-state index contributed by atoms with van der Waals surface area (Å²) in [5.41, 5.74) is 1.84. The molecule has 2 aromatic carbocycles. The third kappa shape index (κ3) is 3.87. The minimum atomic E-state index is -0.310. The van der Waals surface area contributed by atoms with E-state index in [4.69, 9.17) is 0 Å². The van der Waals surface area contributed by atoms with Crippen LogP contribution in [0, 0.1) is 5.82 Å². The van der Waals surface area contributed by atoms with Gasteiger partial charge in [-0.2, -0.15) is 0 Å². The average Bonchev–Trinajstić information content (AvgIpc) is 2.58. The Morgan fingerprint density at radius 1 is 1.08 bits per heavy atom. The zero-order valence-electron chi connectivity index (χ0n) is 13.0. The quantitative estimate of drug-likeness (QED) is 0.758. The molecule has 0 bridgehead atoms. The molecule has 5 heteroatoms. The predicted octanol–water partition coefficient (Wildman–Crippen LogP) is 2.92. The Hall–Kier alpha value is -2.95. The highest BCUT2D eigenvalue weighted by atomic mass is 19.1. The molecule has 0 aliphatic carbocycles. The van der Waals surface area contributed by atoms with Crippen molar-refractivity contribution in [3.63, 3.8) is 0 Å². The normalized spacial score (nSPS) is 10.7.